The van der Waals surface area contributed by atoms with Gasteiger partial charge in [-0.15, -0.1) is 0 Å². The Morgan fingerprint density at radius 3 is 2.56 bits per heavy atom. The Hall–Kier alpha value is -0.630. The maximum atomic E-state index is 11.8. The van der Waals surface area contributed by atoms with E-state index >= 15 is 0 Å². The van der Waals surface area contributed by atoms with Crippen molar-refractivity contribution in [3.63, 3.8) is 0 Å². The minimum absolute atomic E-state index is 0.0902. The number of aliphatic hydroxyl groups excluding tert-OH is 1. The lowest BCUT2D eigenvalue weighted by atomic mass is 9.64. The SMILES string of the molecule is CC1=C(CCC(C)O)C(C)(C)C(C)CC1=O. The van der Waals surface area contributed by atoms with Gasteiger partial charge in [-0.25, -0.2) is 0 Å². The lowest BCUT2D eigenvalue weighted by molar-refractivity contribution is -0.118. The average Bonchev–Trinajstić information content (AvgIpc) is 2.14. The summed E-state index contributed by atoms with van der Waals surface area (Å²) in [4.78, 5) is 11.8. The zero-order valence-corrected chi connectivity index (χ0v) is 11.1. The molecule has 1 N–H and O–H groups in total. The fourth-order valence-electron chi connectivity index (χ4n) is 2.50. The fourth-order valence-corrected chi connectivity index (χ4v) is 2.50. The molecule has 0 aromatic heterocycles. The quantitative estimate of drug-likeness (QED) is 0.799. The summed E-state index contributed by atoms with van der Waals surface area (Å²) in [7, 11) is 0. The van der Waals surface area contributed by atoms with Gasteiger partial charge in [0.1, 0.15) is 0 Å². The summed E-state index contributed by atoms with van der Waals surface area (Å²) >= 11 is 0. The van der Waals surface area contributed by atoms with Crippen LogP contribution in [0.2, 0.25) is 0 Å². The molecular formula is C14H24O2. The smallest absolute Gasteiger partial charge is 0.158 e. The van der Waals surface area contributed by atoms with E-state index in [1.54, 1.807) is 6.92 Å². The molecule has 92 valence electrons. The molecule has 1 rings (SSSR count). The summed E-state index contributed by atoms with van der Waals surface area (Å²) in [5, 5.41) is 9.36. The molecule has 0 fully saturated rings. The third kappa shape index (κ3) is 2.54. The molecule has 2 nitrogen and oxygen atoms in total. The molecular weight excluding hydrogens is 200 g/mol. The summed E-state index contributed by atoms with van der Waals surface area (Å²) < 4.78 is 0. The zero-order chi connectivity index (χ0) is 12.5. The van der Waals surface area contributed by atoms with Crippen LogP contribution in [0.5, 0.6) is 0 Å². The summed E-state index contributed by atoms with van der Waals surface area (Å²) in [6, 6.07) is 0. The van der Waals surface area contributed by atoms with Crippen LogP contribution in [0.3, 0.4) is 0 Å². The van der Waals surface area contributed by atoms with Gasteiger partial charge in [0.25, 0.3) is 0 Å². The first-order valence-electron chi connectivity index (χ1n) is 6.18. The number of carbonyl (C=O) groups is 1. The molecule has 0 aliphatic heterocycles. The highest BCUT2D eigenvalue weighted by Gasteiger charge is 2.37. The van der Waals surface area contributed by atoms with Gasteiger partial charge in [0.15, 0.2) is 5.78 Å². The van der Waals surface area contributed by atoms with Crippen LogP contribution in [0.1, 0.15) is 53.9 Å². The molecule has 0 aromatic carbocycles. The van der Waals surface area contributed by atoms with Crippen molar-refractivity contribution in [2.24, 2.45) is 11.3 Å². The van der Waals surface area contributed by atoms with Crippen molar-refractivity contribution in [1.82, 2.24) is 0 Å². The number of rotatable bonds is 3. The highest BCUT2D eigenvalue weighted by Crippen LogP contribution is 2.44. The lowest BCUT2D eigenvalue weighted by Gasteiger charge is -2.39. The molecule has 2 atom stereocenters. The van der Waals surface area contributed by atoms with E-state index < -0.39 is 0 Å². The number of hydrogen-bond acceptors (Lipinski definition) is 2. The van der Waals surface area contributed by atoms with E-state index in [0.717, 1.165) is 18.4 Å². The van der Waals surface area contributed by atoms with Gasteiger partial charge < -0.3 is 5.11 Å². The van der Waals surface area contributed by atoms with Crippen molar-refractivity contribution in [2.45, 2.75) is 60.0 Å². The number of carbonyl (C=O) groups excluding carboxylic acids is 1. The summed E-state index contributed by atoms with van der Waals surface area (Å²) in [6.07, 6.45) is 1.96. The lowest BCUT2D eigenvalue weighted by Crippen LogP contribution is -2.33. The first kappa shape index (κ1) is 13.4. The van der Waals surface area contributed by atoms with Crippen LogP contribution < -0.4 is 0 Å². The van der Waals surface area contributed by atoms with Crippen molar-refractivity contribution >= 4 is 5.78 Å². The first-order valence-corrected chi connectivity index (χ1v) is 6.18. The van der Waals surface area contributed by atoms with Crippen LogP contribution in [-0.2, 0) is 4.79 Å². The Morgan fingerprint density at radius 2 is 2.06 bits per heavy atom. The van der Waals surface area contributed by atoms with E-state index in [0.29, 0.717) is 12.3 Å². The Kier molecular flexibility index (Phi) is 3.95. The van der Waals surface area contributed by atoms with Gasteiger partial charge in [-0.2, -0.15) is 0 Å². The summed E-state index contributed by atoms with van der Waals surface area (Å²) in [6.45, 7) is 10.3. The number of Topliss-reactive ketones (excluding diaryl/α,β-unsaturated/α-hetero) is 1. The number of allylic oxidation sites excluding steroid dienone is 2. The Balaban J connectivity index is 2.97. The predicted octanol–water partition coefficient (Wildman–Crippen LogP) is 3.10. The topological polar surface area (TPSA) is 37.3 Å². The van der Waals surface area contributed by atoms with Gasteiger partial charge in [0.05, 0.1) is 6.10 Å². The molecule has 0 saturated carbocycles. The third-order valence-electron chi connectivity index (χ3n) is 4.18. The summed E-state index contributed by atoms with van der Waals surface area (Å²) in [5.41, 5.74) is 2.27. The van der Waals surface area contributed by atoms with Gasteiger partial charge >= 0.3 is 0 Å². The van der Waals surface area contributed by atoms with E-state index in [1.807, 2.05) is 6.92 Å². The van der Waals surface area contributed by atoms with Crippen LogP contribution in [0.4, 0.5) is 0 Å². The Bertz CT molecular complexity index is 311. The Labute approximate surface area is 98.7 Å². The molecule has 0 radical (unpaired) electrons. The number of hydrogen-bond donors (Lipinski definition) is 1. The van der Waals surface area contributed by atoms with Gasteiger partial charge in [0, 0.05) is 6.42 Å². The van der Waals surface area contributed by atoms with E-state index in [4.69, 9.17) is 0 Å². The second-order valence-corrected chi connectivity index (χ2v) is 5.74. The molecule has 1 aliphatic rings. The third-order valence-corrected chi connectivity index (χ3v) is 4.18. The molecule has 0 amide bonds. The zero-order valence-electron chi connectivity index (χ0n) is 11.1. The second-order valence-electron chi connectivity index (χ2n) is 5.74. The molecule has 0 spiro atoms. The van der Waals surface area contributed by atoms with Crippen molar-refractivity contribution in [3.8, 4) is 0 Å². The van der Waals surface area contributed by atoms with Crippen LogP contribution in [-0.4, -0.2) is 17.0 Å². The van der Waals surface area contributed by atoms with E-state index in [-0.39, 0.29) is 17.3 Å². The maximum Gasteiger partial charge on any atom is 0.158 e. The molecule has 2 unspecified atom stereocenters. The van der Waals surface area contributed by atoms with Crippen LogP contribution >= 0.6 is 0 Å². The van der Waals surface area contributed by atoms with Crippen LogP contribution in [0.25, 0.3) is 0 Å². The van der Waals surface area contributed by atoms with Crippen LogP contribution in [0.15, 0.2) is 11.1 Å². The molecule has 0 saturated heterocycles. The van der Waals surface area contributed by atoms with Crippen molar-refractivity contribution in [2.75, 3.05) is 0 Å². The highest BCUT2D eigenvalue weighted by molar-refractivity contribution is 5.97. The molecule has 1 aliphatic carbocycles. The average molecular weight is 224 g/mol. The predicted molar refractivity (Wildman–Crippen MR) is 66.2 cm³/mol. The largest absolute Gasteiger partial charge is 0.393 e. The van der Waals surface area contributed by atoms with E-state index in [9.17, 15) is 9.90 Å². The molecule has 0 heterocycles. The van der Waals surface area contributed by atoms with Gasteiger partial charge in [-0.3, -0.25) is 4.79 Å². The standard InChI is InChI=1S/C14H24O2/c1-9-8-13(16)11(3)12(14(9,4)5)7-6-10(2)15/h9-10,15H,6-8H2,1-5H3. The monoisotopic (exact) mass is 224 g/mol. The molecule has 2 heteroatoms. The van der Waals surface area contributed by atoms with E-state index in [1.165, 1.54) is 5.57 Å². The van der Waals surface area contributed by atoms with E-state index in [2.05, 4.69) is 20.8 Å². The minimum Gasteiger partial charge on any atom is -0.393 e. The first-order chi connectivity index (χ1) is 7.26. The summed E-state index contributed by atoms with van der Waals surface area (Å²) in [5.74, 6) is 0.681. The van der Waals surface area contributed by atoms with Crippen molar-refractivity contribution < 1.29 is 9.90 Å². The molecule has 0 aromatic rings. The minimum atomic E-state index is -0.288. The van der Waals surface area contributed by atoms with Crippen molar-refractivity contribution in [1.29, 1.82) is 0 Å². The van der Waals surface area contributed by atoms with Gasteiger partial charge in [0.2, 0.25) is 0 Å². The number of ketones is 1. The normalized spacial score (nSPS) is 27.1. The van der Waals surface area contributed by atoms with Crippen LogP contribution in [0, 0.1) is 11.3 Å². The fraction of sp³-hybridized carbons (Fsp3) is 0.786. The highest BCUT2D eigenvalue weighted by atomic mass is 16.3. The maximum absolute atomic E-state index is 11.8. The second kappa shape index (κ2) is 4.70. The Morgan fingerprint density at radius 1 is 1.50 bits per heavy atom. The molecule has 0 bridgehead atoms. The van der Waals surface area contributed by atoms with Gasteiger partial charge in [-0.1, -0.05) is 26.3 Å². The van der Waals surface area contributed by atoms with Gasteiger partial charge in [-0.05, 0) is 43.6 Å². The van der Waals surface area contributed by atoms with Crippen molar-refractivity contribution in [3.05, 3.63) is 11.1 Å². The molecule has 16 heavy (non-hydrogen) atoms. The number of aliphatic hydroxyl groups is 1.